The molecule has 0 radical (unpaired) electrons. The van der Waals surface area contributed by atoms with Gasteiger partial charge in [0, 0.05) is 6.42 Å². The second-order valence-corrected chi connectivity index (χ2v) is 38.1. The topological polar surface area (TPSA) is 550 Å². The van der Waals surface area contributed by atoms with E-state index in [2.05, 4.69) is 65.2 Å². The molecule has 12 rings (SSSR count). The van der Waals surface area contributed by atoms with Crippen LogP contribution in [-0.4, -0.2) is 310 Å². The number of esters is 4. The Labute approximate surface area is 704 Å². The number of benzene rings is 1. The number of phenols is 1. The summed E-state index contributed by atoms with van der Waals surface area (Å²) in [4.78, 5) is 78.1. The zero-order valence-electron chi connectivity index (χ0n) is 71.5. The summed E-state index contributed by atoms with van der Waals surface area (Å²) in [6.07, 6.45) is -29.2. The third-order valence-corrected chi connectivity index (χ3v) is 28.9. The number of ether oxygens (including phenoxy) is 13. The van der Waals surface area contributed by atoms with Crippen molar-refractivity contribution in [2.75, 3.05) is 25.1 Å². The van der Waals surface area contributed by atoms with Gasteiger partial charge in [0.1, 0.15) is 109 Å². The molecule has 6 saturated heterocycles. The molecular weight excluding hydrogens is 1590 g/mol. The third-order valence-electron chi connectivity index (χ3n) is 28.9. The minimum Gasteiger partial charge on any atom is -0.505 e. The van der Waals surface area contributed by atoms with Crippen molar-refractivity contribution in [1.82, 2.24) is 5.32 Å². The molecule has 6 heterocycles. The van der Waals surface area contributed by atoms with E-state index in [4.69, 9.17) is 61.6 Å². The molecule has 5 aliphatic carbocycles. The number of aliphatic hydroxyl groups excluding tert-OH is 14. The molecule has 121 heavy (non-hydrogen) atoms. The van der Waals surface area contributed by atoms with Gasteiger partial charge in [0.15, 0.2) is 49.2 Å². The molecule has 36 nitrogen and oxygen atoms in total. The summed E-state index contributed by atoms with van der Waals surface area (Å²) in [5.41, 5.74) is -2.49. The van der Waals surface area contributed by atoms with E-state index in [-0.39, 0.29) is 71.1 Å². The van der Waals surface area contributed by atoms with Crippen LogP contribution >= 0.6 is 0 Å². The molecule has 6 aliphatic heterocycles. The Morgan fingerprint density at radius 3 is 1.82 bits per heavy atom. The minimum absolute atomic E-state index is 0.00114. The Morgan fingerprint density at radius 1 is 0.603 bits per heavy atom. The second kappa shape index (κ2) is 38.3. The maximum atomic E-state index is 15.4. The van der Waals surface area contributed by atoms with E-state index in [1.165, 1.54) is 39.0 Å². The number of amides is 2. The van der Waals surface area contributed by atoms with Gasteiger partial charge < -0.3 is 149 Å². The molecular formula is C85H132N2O34. The van der Waals surface area contributed by atoms with Gasteiger partial charge >= 0.3 is 23.9 Å². The third kappa shape index (κ3) is 18.9. The van der Waals surface area contributed by atoms with Crippen molar-refractivity contribution in [3.8, 4) is 5.75 Å². The first-order valence-corrected chi connectivity index (χ1v) is 42.9. The first-order valence-electron chi connectivity index (χ1n) is 42.9. The van der Waals surface area contributed by atoms with E-state index in [9.17, 15) is 101 Å². The van der Waals surface area contributed by atoms with Gasteiger partial charge in [-0.05, 0) is 155 Å². The predicted octanol–water partition coefficient (Wildman–Crippen LogP) is 1.18. The molecule has 2 amide bonds. The van der Waals surface area contributed by atoms with Gasteiger partial charge in [0.25, 0.3) is 5.91 Å². The van der Waals surface area contributed by atoms with Crippen LogP contribution in [0, 0.1) is 62.1 Å². The van der Waals surface area contributed by atoms with Crippen molar-refractivity contribution >= 4 is 41.9 Å². The lowest BCUT2D eigenvalue weighted by Crippen LogP contribution is -2.68. The average molecular weight is 1730 g/mol. The molecule has 686 valence electrons. The quantitative estimate of drug-likeness (QED) is 0.0147. The number of aromatic hydroxyl groups is 1. The van der Waals surface area contributed by atoms with Gasteiger partial charge in [-0.25, -0.2) is 4.79 Å². The van der Waals surface area contributed by atoms with Gasteiger partial charge in [-0.2, -0.15) is 0 Å². The van der Waals surface area contributed by atoms with Crippen LogP contribution in [-0.2, 0) is 85.6 Å². The number of nitrogens with one attached hydrogen (secondary N) is 2. The second-order valence-electron chi connectivity index (χ2n) is 38.1. The number of hydrogen-bond acceptors (Lipinski definition) is 34. The summed E-state index contributed by atoms with van der Waals surface area (Å²) < 4.78 is 76.5. The molecule has 37 atom stereocenters. The van der Waals surface area contributed by atoms with Gasteiger partial charge in [0.2, 0.25) is 12.7 Å². The van der Waals surface area contributed by atoms with Crippen molar-refractivity contribution < 1.29 is 167 Å². The fourth-order valence-electron chi connectivity index (χ4n) is 21.7. The summed E-state index contributed by atoms with van der Waals surface area (Å²) in [7, 11) is 0. The highest BCUT2D eigenvalue weighted by molar-refractivity contribution is 6.01. The smallest absolute Gasteiger partial charge is 0.332 e. The highest BCUT2D eigenvalue weighted by atomic mass is 16.8. The van der Waals surface area contributed by atoms with Crippen molar-refractivity contribution in [2.45, 2.75) is 365 Å². The van der Waals surface area contributed by atoms with Crippen LogP contribution in [0.4, 0.5) is 5.69 Å². The number of anilines is 1. The number of rotatable bonds is 22. The van der Waals surface area contributed by atoms with Crippen LogP contribution in [0.15, 0.2) is 29.8 Å². The number of para-hydroxylation sites is 1. The SMILES string of the molecule is CC1OC(OC2CCC3(C)C(CCC4(C)C3CC=C3C5CC(C)(C)CCC5(C(=O)OC5OCC(O)C(O)C5OC5OC(C)C(OC6OC(CO)C(O)C(O)C6O)C(O)C5O)C(O)CC34C)C2(C)C)C(O)C(O)C1OC1OCC(O)C(O)C1O.CCCCCC1C(=O)OC(C)C(NC(=O)c2cccc(NC=O)c2O)C(=O)OC(C)C1OC(=O)CC(C)C. The Balaban J connectivity index is 0.000000316. The van der Waals surface area contributed by atoms with Crippen molar-refractivity contribution in [1.29, 1.82) is 0 Å². The number of cyclic esters (lactones) is 2. The number of unbranched alkanes of at least 4 members (excludes halogenated alkanes) is 2. The average Bonchev–Trinajstić information content (AvgIpc) is 0.729. The lowest BCUT2D eigenvalue weighted by molar-refractivity contribution is -0.374. The first-order chi connectivity index (χ1) is 56.8. The maximum absolute atomic E-state index is 15.4. The van der Waals surface area contributed by atoms with Crippen LogP contribution in [0.2, 0.25) is 0 Å². The Morgan fingerprint density at radius 2 is 1.19 bits per heavy atom. The van der Waals surface area contributed by atoms with Gasteiger partial charge in [-0.15, -0.1) is 0 Å². The van der Waals surface area contributed by atoms with E-state index in [1.807, 2.05) is 20.8 Å². The number of carbonyl (C=O) groups excluding carboxylic acids is 6. The summed E-state index contributed by atoms with van der Waals surface area (Å²) in [5.74, 6) is -5.28. The highest BCUT2D eigenvalue weighted by Crippen LogP contribution is 2.76. The van der Waals surface area contributed by atoms with Crippen molar-refractivity contribution in [3.63, 3.8) is 0 Å². The van der Waals surface area contributed by atoms with E-state index >= 15 is 4.79 Å². The van der Waals surface area contributed by atoms with Gasteiger partial charge in [-0.1, -0.05) is 106 Å². The first kappa shape index (κ1) is 96.3. The largest absolute Gasteiger partial charge is 0.505 e. The van der Waals surface area contributed by atoms with Crippen molar-refractivity contribution in [3.05, 3.63) is 35.4 Å². The number of hydrogen-bond donors (Lipinski definition) is 17. The van der Waals surface area contributed by atoms with E-state index in [0.29, 0.717) is 44.9 Å². The van der Waals surface area contributed by atoms with Crippen LogP contribution in [0.3, 0.4) is 0 Å². The lowest BCUT2D eigenvalue weighted by atomic mass is 9.33. The molecule has 37 unspecified atom stereocenters. The molecule has 10 fully saturated rings. The highest BCUT2D eigenvalue weighted by Gasteiger charge is 2.73. The summed E-state index contributed by atoms with van der Waals surface area (Å²) >= 11 is 0. The zero-order valence-corrected chi connectivity index (χ0v) is 71.5. The molecule has 0 spiro atoms. The monoisotopic (exact) mass is 1720 g/mol. The maximum Gasteiger partial charge on any atom is 0.332 e. The number of aliphatic hydroxyl groups is 14. The lowest BCUT2D eigenvalue weighted by Gasteiger charge is -2.71. The molecule has 0 bridgehead atoms. The Bertz CT molecular complexity index is 3780. The molecule has 36 heteroatoms. The standard InChI is InChI=1S/C58H94O25.C27H38N2O9/c1-23-44(80-47-40(69)34(63)27(60)21-74-47)38(67)42(71)48(76-23)79-33-13-14-55(7)30(54(33,5)6)12-15-56(8)31(55)11-10-25-26-18-53(3,4)16-17-58(26,32(62)19-57(25,56)9)52(73)83-51-46(35(64)28(61)22-75-51)82-49-43(72)39(68)45(24(2)77-49)81-50-41(70)37(66)36(65)29(20-59)78-50;1-6-7-8-10-19-24(38-21(31)13-15(2)3)17(5)37-27(35)22(16(4)36-26(19)34)29-25(33)18-11-9-12-20(23(18)32)28-14-30/h10,23-24,26-51,59-72H,11-22H2,1-9H3;9,11-12,14-17,19,22,24,32H,6-8,10,13H2,1-5H3,(H,28,30)(H,29,33). The van der Waals surface area contributed by atoms with Crippen LogP contribution in [0.1, 0.15) is 197 Å². The van der Waals surface area contributed by atoms with E-state index in [0.717, 1.165) is 37.7 Å². The summed E-state index contributed by atoms with van der Waals surface area (Å²) in [5, 5.41) is 168. The number of carbonyl (C=O) groups is 6. The van der Waals surface area contributed by atoms with Crippen LogP contribution < -0.4 is 10.6 Å². The summed E-state index contributed by atoms with van der Waals surface area (Å²) in [6.45, 7) is 25.9. The fourth-order valence-corrected chi connectivity index (χ4v) is 21.7. The molecule has 1 aromatic carbocycles. The minimum atomic E-state index is -1.93. The normalized spacial score (nSPS) is 45.3. The Hall–Kier alpha value is -5.34. The summed E-state index contributed by atoms with van der Waals surface area (Å²) in [6, 6.07) is 2.71. The molecule has 11 aliphatic rings. The zero-order chi connectivity index (χ0) is 89.0. The molecule has 17 N–H and O–H groups in total. The van der Waals surface area contributed by atoms with Gasteiger partial charge in [-0.3, -0.25) is 24.0 Å². The van der Waals surface area contributed by atoms with Crippen LogP contribution in [0.25, 0.3) is 0 Å². The number of phenolic OH excluding ortho intramolecular Hbond substituents is 1. The van der Waals surface area contributed by atoms with Gasteiger partial charge in [0.05, 0.1) is 61.4 Å². The van der Waals surface area contributed by atoms with E-state index < -0.39 is 255 Å². The number of fused-ring (bicyclic) bond motifs is 7. The fraction of sp³-hybridized carbons (Fsp3) is 0.835. The molecule has 1 aromatic rings. The Kier molecular flexibility index (Phi) is 30.5. The van der Waals surface area contributed by atoms with Crippen molar-refractivity contribution in [2.24, 2.45) is 62.1 Å². The van der Waals surface area contributed by atoms with Crippen LogP contribution in [0.5, 0.6) is 5.75 Å². The van der Waals surface area contributed by atoms with E-state index in [1.54, 1.807) is 6.92 Å². The number of allylic oxidation sites excluding steroid dienone is 2. The molecule has 0 aromatic heterocycles. The predicted molar refractivity (Wildman–Crippen MR) is 419 cm³/mol. The molecule has 4 saturated carbocycles.